The van der Waals surface area contributed by atoms with Crippen LogP contribution in [0.15, 0.2) is 36.5 Å². The molecule has 1 unspecified atom stereocenters. The molecule has 0 aliphatic heterocycles. The number of carbonyl (C=O) groups is 1. The van der Waals surface area contributed by atoms with Gasteiger partial charge in [0.25, 0.3) is 0 Å². The highest BCUT2D eigenvalue weighted by molar-refractivity contribution is 5.74. The molecule has 130 valence electrons. The number of rotatable bonds is 7. The summed E-state index contributed by atoms with van der Waals surface area (Å²) in [6.07, 6.45) is -4.33. The monoisotopic (exact) mass is 342 g/mol. The molecule has 1 atom stereocenters. The van der Waals surface area contributed by atoms with Gasteiger partial charge in [-0.25, -0.2) is 4.79 Å². The largest absolute Gasteiger partial charge is 0.463 e. The van der Waals surface area contributed by atoms with Crippen molar-refractivity contribution in [3.8, 4) is 0 Å². The van der Waals surface area contributed by atoms with Gasteiger partial charge in [0.15, 0.2) is 6.10 Å². The maximum atomic E-state index is 12.7. The SMILES string of the molecule is CC(OCc1ccccc1)C(=O)OCCc1cn[nH]c1C(F)(F)F. The summed E-state index contributed by atoms with van der Waals surface area (Å²) in [5, 5.41) is 5.28. The molecule has 2 aromatic rings. The van der Waals surface area contributed by atoms with Crippen LogP contribution in [0.5, 0.6) is 0 Å². The number of alkyl halides is 3. The van der Waals surface area contributed by atoms with Crippen molar-refractivity contribution < 1.29 is 27.4 Å². The Hall–Kier alpha value is -2.35. The van der Waals surface area contributed by atoms with Gasteiger partial charge in [0.2, 0.25) is 0 Å². The molecule has 1 N–H and O–H groups in total. The van der Waals surface area contributed by atoms with E-state index in [2.05, 4.69) is 5.10 Å². The molecule has 0 saturated carbocycles. The van der Waals surface area contributed by atoms with Gasteiger partial charge < -0.3 is 9.47 Å². The predicted molar refractivity (Wildman–Crippen MR) is 78.9 cm³/mol. The second-order valence-corrected chi connectivity index (χ2v) is 5.12. The Morgan fingerprint density at radius 2 is 2.00 bits per heavy atom. The van der Waals surface area contributed by atoms with Crippen LogP contribution in [0.1, 0.15) is 23.7 Å². The number of halogens is 3. The first-order valence-electron chi connectivity index (χ1n) is 7.29. The lowest BCUT2D eigenvalue weighted by Crippen LogP contribution is -2.24. The quantitative estimate of drug-likeness (QED) is 0.785. The van der Waals surface area contributed by atoms with Gasteiger partial charge in [-0.05, 0) is 12.5 Å². The minimum absolute atomic E-state index is 0.0480. The first kappa shape index (κ1) is 18.0. The van der Waals surface area contributed by atoms with E-state index in [1.165, 1.54) is 6.92 Å². The maximum absolute atomic E-state index is 12.7. The fourth-order valence-corrected chi connectivity index (χ4v) is 1.99. The van der Waals surface area contributed by atoms with Gasteiger partial charge in [-0.3, -0.25) is 5.10 Å². The van der Waals surface area contributed by atoms with Crippen LogP contribution in [-0.4, -0.2) is 28.9 Å². The molecule has 8 heteroatoms. The molecule has 0 radical (unpaired) electrons. The Labute approximate surface area is 136 Å². The van der Waals surface area contributed by atoms with Crippen molar-refractivity contribution >= 4 is 5.97 Å². The van der Waals surface area contributed by atoms with E-state index in [9.17, 15) is 18.0 Å². The number of aromatic amines is 1. The van der Waals surface area contributed by atoms with Crippen molar-refractivity contribution in [3.05, 3.63) is 53.3 Å². The van der Waals surface area contributed by atoms with Crippen LogP contribution in [-0.2, 0) is 33.5 Å². The van der Waals surface area contributed by atoms with Gasteiger partial charge >= 0.3 is 12.1 Å². The van der Waals surface area contributed by atoms with Crippen molar-refractivity contribution in [2.45, 2.75) is 32.2 Å². The molecule has 1 aromatic heterocycles. The van der Waals surface area contributed by atoms with Crippen molar-refractivity contribution in [3.63, 3.8) is 0 Å². The van der Waals surface area contributed by atoms with Crippen LogP contribution in [0.2, 0.25) is 0 Å². The zero-order valence-electron chi connectivity index (χ0n) is 13.0. The number of nitrogens with zero attached hydrogens (tertiary/aromatic N) is 1. The molecule has 0 spiro atoms. The van der Waals surface area contributed by atoms with Crippen LogP contribution >= 0.6 is 0 Å². The highest BCUT2D eigenvalue weighted by atomic mass is 19.4. The average Bonchev–Trinajstić information content (AvgIpc) is 3.02. The number of hydrogen-bond donors (Lipinski definition) is 1. The van der Waals surface area contributed by atoms with Gasteiger partial charge in [0.1, 0.15) is 5.69 Å². The number of nitrogens with one attached hydrogen (secondary N) is 1. The van der Waals surface area contributed by atoms with Gasteiger partial charge in [-0.2, -0.15) is 18.3 Å². The standard InChI is InChI=1S/C16H17F3N2O3/c1-11(24-10-12-5-3-2-4-6-12)15(22)23-8-7-13-9-20-21-14(13)16(17,18)19/h2-6,9,11H,7-8,10H2,1H3,(H,20,21). The minimum Gasteiger partial charge on any atom is -0.463 e. The number of benzene rings is 1. The van der Waals surface area contributed by atoms with Crippen LogP contribution < -0.4 is 0 Å². The smallest absolute Gasteiger partial charge is 0.433 e. The molecule has 0 amide bonds. The van der Waals surface area contributed by atoms with Crippen molar-refractivity contribution in [1.82, 2.24) is 10.2 Å². The number of H-pyrrole nitrogens is 1. The van der Waals surface area contributed by atoms with E-state index >= 15 is 0 Å². The zero-order chi connectivity index (χ0) is 17.6. The number of carbonyl (C=O) groups excluding carboxylic acids is 1. The number of ether oxygens (including phenoxy) is 2. The van der Waals surface area contributed by atoms with E-state index in [0.717, 1.165) is 11.8 Å². The van der Waals surface area contributed by atoms with E-state index in [1.807, 2.05) is 35.4 Å². The third-order valence-electron chi connectivity index (χ3n) is 3.29. The average molecular weight is 342 g/mol. The Kier molecular flexibility index (Phi) is 5.97. The Morgan fingerprint density at radius 3 is 2.67 bits per heavy atom. The molecule has 0 saturated heterocycles. The number of hydrogen-bond acceptors (Lipinski definition) is 4. The molecule has 2 rings (SSSR count). The maximum Gasteiger partial charge on any atom is 0.433 e. The van der Waals surface area contributed by atoms with E-state index in [0.29, 0.717) is 0 Å². The van der Waals surface area contributed by atoms with Crippen molar-refractivity contribution in [2.75, 3.05) is 6.61 Å². The van der Waals surface area contributed by atoms with Crippen molar-refractivity contribution in [2.24, 2.45) is 0 Å². The van der Waals surface area contributed by atoms with Crippen LogP contribution in [0, 0.1) is 0 Å². The highest BCUT2D eigenvalue weighted by Gasteiger charge is 2.35. The molecular formula is C16H17F3N2O3. The molecule has 5 nitrogen and oxygen atoms in total. The highest BCUT2D eigenvalue weighted by Crippen LogP contribution is 2.30. The van der Waals surface area contributed by atoms with Gasteiger partial charge in [-0.1, -0.05) is 30.3 Å². The lowest BCUT2D eigenvalue weighted by atomic mass is 10.2. The molecule has 0 bridgehead atoms. The summed E-state index contributed by atoms with van der Waals surface area (Å²) in [5.74, 6) is -0.622. The summed E-state index contributed by atoms with van der Waals surface area (Å²) in [4.78, 5) is 11.8. The first-order chi connectivity index (χ1) is 11.4. The molecule has 0 aliphatic rings. The third kappa shape index (κ3) is 5.09. The second-order valence-electron chi connectivity index (χ2n) is 5.12. The van der Waals surface area contributed by atoms with Gasteiger partial charge in [-0.15, -0.1) is 0 Å². The van der Waals surface area contributed by atoms with Gasteiger partial charge in [0.05, 0.1) is 19.4 Å². The third-order valence-corrected chi connectivity index (χ3v) is 3.29. The predicted octanol–water partition coefficient (Wildman–Crippen LogP) is 3.12. The molecule has 0 fully saturated rings. The van der Waals surface area contributed by atoms with Crippen LogP contribution in [0.25, 0.3) is 0 Å². The lowest BCUT2D eigenvalue weighted by molar-refractivity contribution is -0.156. The lowest BCUT2D eigenvalue weighted by Gasteiger charge is -2.13. The fraction of sp³-hybridized carbons (Fsp3) is 0.375. The van der Waals surface area contributed by atoms with Crippen LogP contribution in [0.4, 0.5) is 13.2 Å². The molecule has 24 heavy (non-hydrogen) atoms. The van der Waals surface area contributed by atoms with E-state index in [-0.39, 0.29) is 25.2 Å². The molecule has 0 aliphatic carbocycles. The Balaban J connectivity index is 1.76. The van der Waals surface area contributed by atoms with E-state index in [4.69, 9.17) is 9.47 Å². The molecule has 1 aromatic carbocycles. The normalized spacial score (nSPS) is 12.8. The summed E-state index contributed by atoms with van der Waals surface area (Å²) in [5.41, 5.74) is -0.0644. The summed E-state index contributed by atoms with van der Waals surface area (Å²) >= 11 is 0. The zero-order valence-corrected chi connectivity index (χ0v) is 13.0. The summed E-state index contributed by atoms with van der Waals surface area (Å²) in [7, 11) is 0. The number of esters is 1. The Morgan fingerprint density at radius 1 is 1.29 bits per heavy atom. The van der Waals surface area contributed by atoms with Crippen molar-refractivity contribution in [1.29, 1.82) is 0 Å². The minimum atomic E-state index is -4.51. The number of aromatic nitrogens is 2. The molecular weight excluding hydrogens is 325 g/mol. The topological polar surface area (TPSA) is 64.2 Å². The Bertz CT molecular complexity index is 656. The summed E-state index contributed by atoms with van der Waals surface area (Å²) in [6.45, 7) is 1.60. The molecule has 1 heterocycles. The van der Waals surface area contributed by atoms with Crippen LogP contribution in [0.3, 0.4) is 0 Å². The second kappa shape index (κ2) is 7.96. The fourth-order valence-electron chi connectivity index (χ4n) is 1.99. The van der Waals surface area contributed by atoms with Gasteiger partial charge in [0, 0.05) is 12.0 Å². The van der Waals surface area contributed by atoms with E-state index < -0.39 is 23.9 Å². The first-order valence-corrected chi connectivity index (χ1v) is 7.29. The summed E-state index contributed by atoms with van der Waals surface area (Å²) in [6, 6.07) is 9.28. The summed E-state index contributed by atoms with van der Waals surface area (Å²) < 4.78 is 48.3. The van der Waals surface area contributed by atoms with E-state index in [1.54, 1.807) is 0 Å².